The number of carbonyl (C=O) groups excluding carboxylic acids is 2. The summed E-state index contributed by atoms with van der Waals surface area (Å²) in [6.07, 6.45) is 3.61. The summed E-state index contributed by atoms with van der Waals surface area (Å²) in [5, 5.41) is 19.5. The molecule has 0 spiro atoms. The van der Waals surface area contributed by atoms with Crippen LogP contribution in [0.2, 0.25) is 13.6 Å². The topological polar surface area (TPSA) is 214 Å². The van der Waals surface area contributed by atoms with Gasteiger partial charge in [-0.3, -0.25) is 9.59 Å². The molecule has 386 valence electrons. The highest BCUT2D eigenvalue weighted by atomic mass is 79.9. The summed E-state index contributed by atoms with van der Waals surface area (Å²) in [5.41, 5.74) is 1.92. The largest absolute Gasteiger partial charge is 0.497 e. The van der Waals surface area contributed by atoms with E-state index in [1.165, 1.54) is 33.1 Å². The molecule has 8 rings (SSSR count). The smallest absolute Gasteiger partial charge is 0.376 e. The van der Waals surface area contributed by atoms with Crippen molar-refractivity contribution in [1.29, 1.82) is 0 Å². The van der Waals surface area contributed by atoms with Gasteiger partial charge in [0.2, 0.25) is 9.84 Å². The van der Waals surface area contributed by atoms with Gasteiger partial charge >= 0.3 is 36.3 Å². The second kappa shape index (κ2) is 26.1. The first-order chi connectivity index (χ1) is 33.6. The van der Waals surface area contributed by atoms with E-state index in [1.54, 1.807) is 62.5 Å². The second-order valence-electron chi connectivity index (χ2n) is 17.0. The van der Waals surface area contributed by atoms with E-state index in [9.17, 15) is 40.4 Å². The van der Waals surface area contributed by atoms with Crippen LogP contribution in [0, 0.1) is 11.8 Å². The predicted octanol–water partition coefficient (Wildman–Crippen LogP) is 6.47. The summed E-state index contributed by atoms with van der Waals surface area (Å²) in [4.78, 5) is 23.8. The fraction of sp³-hybridized carbons (Fsp3) is 0.458. The van der Waals surface area contributed by atoms with E-state index in [0.717, 1.165) is 79.6 Å². The molecule has 4 aliphatic heterocycles. The van der Waals surface area contributed by atoms with Crippen LogP contribution in [0.1, 0.15) is 50.7 Å². The molecule has 4 aliphatic rings. The standard InChI is InChI=1S/C22H28BNO6S.C15H21BBrNO3.C7H7FO3S.C4H6O3/c1-23(25)24-13-11-18(12-14-24)22(29-15-16-30-22)17-3-7-20(8-4-17)31(26,27)21-9-5-19(28-2)6-10-21;1-16(19)18-8-6-13(7-9-18)15(20-10-11-21-15)12-2-4-14(17)5-3-12;1-11-6-2-4-7(5-3-6)12(8,9)10;1-3(5)7-4(2)6/h3-10,18,25H,11-16H2,1-2H3;2-5,13,19H,6-11H2,1H3;2-5H,1H3;1-2H3. The van der Waals surface area contributed by atoms with Crippen LogP contribution in [-0.2, 0) is 64.9 Å². The van der Waals surface area contributed by atoms with Crippen molar-refractivity contribution >= 4 is 62.0 Å². The lowest BCUT2D eigenvalue weighted by Crippen LogP contribution is -2.48. The van der Waals surface area contributed by atoms with Crippen molar-refractivity contribution in [3.8, 4) is 11.5 Å². The summed E-state index contributed by atoms with van der Waals surface area (Å²) < 4.78 is 98.3. The molecular formula is C48H62B2BrFN2O15S2. The van der Waals surface area contributed by atoms with E-state index in [1.807, 2.05) is 23.8 Å². The van der Waals surface area contributed by atoms with Gasteiger partial charge in [-0.1, -0.05) is 40.2 Å². The first kappa shape index (κ1) is 57.6. The molecule has 17 nitrogen and oxygen atoms in total. The van der Waals surface area contributed by atoms with Crippen LogP contribution in [0.5, 0.6) is 11.5 Å². The number of carbonyl (C=O) groups is 2. The molecule has 23 heteroatoms. The van der Waals surface area contributed by atoms with Gasteiger partial charge in [-0.15, -0.1) is 3.89 Å². The Labute approximate surface area is 425 Å². The molecule has 4 saturated heterocycles. The van der Waals surface area contributed by atoms with Crippen LogP contribution in [0.4, 0.5) is 3.89 Å². The number of hydrogen-bond donors (Lipinski definition) is 2. The van der Waals surface area contributed by atoms with Gasteiger partial charge in [0.25, 0.3) is 0 Å². The van der Waals surface area contributed by atoms with Crippen molar-refractivity contribution in [1.82, 2.24) is 9.62 Å². The number of piperidine rings is 2. The average molecular weight is 1090 g/mol. The molecule has 0 radical (unpaired) electrons. The maximum atomic E-state index is 13.0. The molecule has 0 amide bonds. The van der Waals surface area contributed by atoms with E-state index in [4.69, 9.17) is 28.4 Å². The molecule has 2 N–H and O–H groups in total. The van der Waals surface area contributed by atoms with Gasteiger partial charge in [-0.2, -0.15) is 8.42 Å². The van der Waals surface area contributed by atoms with Gasteiger partial charge in [0.05, 0.1) is 55.3 Å². The van der Waals surface area contributed by atoms with E-state index in [0.29, 0.717) is 43.8 Å². The molecule has 4 heterocycles. The zero-order valence-corrected chi connectivity index (χ0v) is 43.9. The van der Waals surface area contributed by atoms with E-state index in [-0.39, 0.29) is 27.7 Å². The van der Waals surface area contributed by atoms with Crippen LogP contribution >= 0.6 is 15.9 Å². The second-order valence-corrected chi connectivity index (χ2v) is 21.2. The number of esters is 2. The highest BCUT2D eigenvalue weighted by molar-refractivity contribution is 9.10. The van der Waals surface area contributed by atoms with Gasteiger partial charge in [0, 0.05) is 41.3 Å². The van der Waals surface area contributed by atoms with Gasteiger partial charge in [0.15, 0.2) is 11.6 Å². The fourth-order valence-corrected chi connectivity index (χ4v) is 10.8. The number of methoxy groups -OCH3 is 2. The third-order valence-corrected chi connectivity index (χ3v) is 15.6. The minimum Gasteiger partial charge on any atom is -0.497 e. The maximum Gasteiger partial charge on any atom is 0.376 e. The molecule has 4 aromatic rings. The molecule has 4 aromatic carbocycles. The average Bonchev–Trinajstić information content (AvgIpc) is 4.07. The van der Waals surface area contributed by atoms with Crippen molar-refractivity contribution in [3.05, 3.63) is 113 Å². The molecule has 0 unspecified atom stereocenters. The molecular weight excluding hydrogens is 1030 g/mol. The summed E-state index contributed by atoms with van der Waals surface area (Å²) >= 11 is 3.48. The van der Waals surface area contributed by atoms with Crippen LogP contribution in [-0.4, -0.2) is 129 Å². The number of benzene rings is 4. The van der Waals surface area contributed by atoms with Crippen LogP contribution in [0.3, 0.4) is 0 Å². The number of sulfone groups is 1. The predicted molar refractivity (Wildman–Crippen MR) is 266 cm³/mol. The minimum atomic E-state index is -4.58. The Morgan fingerprint density at radius 3 is 1.18 bits per heavy atom. The third-order valence-electron chi connectivity index (χ3n) is 12.4. The van der Waals surface area contributed by atoms with E-state index < -0.39 is 50.6 Å². The van der Waals surface area contributed by atoms with Crippen molar-refractivity contribution in [2.75, 3.05) is 66.8 Å². The highest BCUT2D eigenvalue weighted by Crippen LogP contribution is 2.45. The Morgan fingerprint density at radius 2 is 0.901 bits per heavy atom. The third kappa shape index (κ3) is 15.4. The molecule has 4 fully saturated rings. The van der Waals surface area contributed by atoms with Crippen LogP contribution < -0.4 is 9.47 Å². The zero-order chi connectivity index (χ0) is 52.0. The number of rotatable bonds is 11. The Hall–Kier alpha value is -4.26. The maximum absolute atomic E-state index is 13.0. The van der Waals surface area contributed by atoms with Gasteiger partial charge in [0.1, 0.15) is 11.5 Å². The normalized spacial score (nSPS) is 18.3. The van der Waals surface area contributed by atoms with Crippen LogP contribution in [0.15, 0.2) is 116 Å². The zero-order valence-electron chi connectivity index (χ0n) is 40.7. The molecule has 0 atom stereocenters. The first-order valence-corrected chi connectivity index (χ1v) is 26.7. The summed E-state index contributed by atoms with van der Waals surface area (Å²) in [5.74, 6) is -1.04. The van der Waals surface area contributed by atoms with E-state index >= 15 is 0 Å². The molecule has 0 saturated carbocycles. The van der Waals surface area contributed by atoms with Gasteiger partial charge in [-0.25, -0.2) is 8.42 Å². The van der Waals surface area contributed by atoms with E-state index in [2.05, 4.69) is 37.6 Å². The number of hydrogen-bond acceptors (Lipinski definition) is 17. The molecule has 0 aromatic heterocycles. The van der Waals surface area contributed by atoms with Gasteiger partial charge < -0.3 is 52.8 Å². The highest BCUT2D eigenvalue weighted by Gasteiger charge is 2.48. The summed E-state index contributed by atoms with van der Waals surface area (Å²) in [6, 6.07) is 26.5. The quantitative estimate of drug-likeness (QED) is 0.0713. The molecule has 71 heavy (non-hydrogen) atoms. The molecule has 0 aliphatic carbocycles. The monoisotopic (exact) mass is 1090 g/mol. The van der Waals surface area contributed by atoms with Crippen LogP contribution in [0.25, 0.3) is 0 Å². The van der Waals surface area contributed by atoms with Crippen molar-refractivity contribution in [2.45, 2.75) is 79.4 Å². The lowest BCUT2D eigenvalue weighted by Gasteiger charge is -2.41. The minimum absolute atomic E-state index is 0.133. The van der Waals surface area contributed by atoms with Crippen molar-refractivity contribution < 1.29 is 73.5 Å². The van der Waals surface area contributed by atoms with Crippen molar-refractivity contribution in [3.63, 3.8) is 0 Å². The van der Waals surface area contributed by atoms with Crippen molar-refractivity contribution in [2.24, 2.45) is 11.8 Å². The number of ether oxygens (including phenoxy) is 7. The lowest BCUT2D eigenvalue weighted by atomic mass is 9.77. The lowest BCUT2D eigenvalue weighted by molar-refractivity contribution is -0.213. The molecule has 0 bridgehead atoms. The first-order valence-electron chi connectivity index (χ1n) is 23.1. The number of nitrogens with zero attached hydrogens (tertiary/aromatic N) is 2. The Bertz CT molecular complexity index is 2520. The number of halogens is 2. The summed E-state index contributed by atoms with van der Waals surface area (Å²) in [6.45, 7) is 11.6. The summed E-state index contributed by atoms with van der Waals surface area (Å²) in [7, 11) is -6.08. The van der Waals surface area contributed by atoms with Gasteiger partial charge in [-0.05, 0) is 138 Å². The Kier molecular flexibility index (Phi) is 21.2. The Morgan fingerprint density at radius 1 is 0.592 bits per heavy atom. The fourth-order valence-electron chi connectivity index (χ4n) is 8.82. The SMILES string of the molecule is CB(O)N1CCC(C2(c3ccc(Br)cc3)OCCO2)CC1.CC(=O)OC(C)=O.COc1ccc(S(=O)(=O)F)cc1.COc1ccc(S(=O)(=O)c2ccc(C3(C4CCN(B(C)O)CC4)OCCO3)cc2)cc1. The Balaban J connectivity index is 0.000000201.